The van der Waals surface area contributed by atoms with Gasteiger partial charge >= 0.3 is 0 Å². The third-order valence-corrected chi connectivity index (χ3v) is 4.40. The van der Waals surface area contributed by atoms with Gasteiger partial charge in [0.15, 0.2) is 0 Å². The topological polar surface area (TPSA) is 63.0 Å². The maximum Gasteiger partial charge on any atom is 0.130 e. The summed E-state index contributed by atoms with van der Waals surface area (Å²) in [6.07, 6.45) is 0. The molecule has 1 aromatic heterocycles. The summed E-state index contributed by atoms with van der Waals surface area (Å²) in [6, 6.07) is 12.6. The second kappa shape index (κ2) is 6.58. The standard InChI is InChI=1S/C20H20FN3O/c1-12(2)24(16-6-5-15(11-25)18(21)9-16)20-13(3)17-7-4-14(10-22)8-19(17)23-20/h4-9,12,23,25H,11H2,1-3H3. The second-order valence-corrected chi connectivity index (χ2v) is 6.37. The van der Waals surface area contributed by atoms with Gasteiger partial charge in [-0.05, 0) is 50.6 Å². The van der Waals surface area contributed by atoms with E-state index in [4.69, 9.17) is 5.26 Å². The van der Waals surface area contributed by atoms with E-state index in [-0.39, 0.29) is 18.2 Å². The molecular weight excluding hydrogens is 317 g/mol. The third kappa shape index (κ3) is 2.97. The van der Waals surface area contributed by atoms with Crippen molar-refractivity contribution in [2.75, 3.05) is 4.90 Å². The molecule has 5 heteroatoms. The van der Waals surface area contributed by atoms with Crippen molar-refractivity contribution >= 4 is 22.4 Å². The molecule has 0 fully saturated rings. The lowest BCUT2D eigenvalue weighted by atomic mass is 10.1. The summed E-state index contributed by atoms with van der Waals surface area (Å²) in [5.74, 6) is 0.447. The van der Waals surface area contributed by atoms with Crippen LogP contribution in [0.5, 0.6) is 0 Å². The molecular formula is C20H20FN3O. The van der Waals surface area contributed by atoms with Gasteiger partial charge in [-0.25, -0.2) is 4.39 Å². The fraction of sp³-hybridized carbons (Fsp3) is 0.250. The average Bonchev–Trinajstić information content (AvgIpc) is 2.91. The normalized spacial score (nSPS) is 11.1. The van der Waals surface area contributed by atoms with Crippen LogP contribution < -0.4 is 4.90 Å². The summed E-state index contributed by atoms with van der Waals surface area (Å²) in [5.41, 5.74) is 3.50. The molecule has 128 valence electrons. The minimum Gasteiger partial charge on any atom is -0.392 e. The number of aromatic amines is 1. The maximum absolute atomic E-state index is 14.2. The number of H-pyrrole nitrogens is 1. The molecule has 0 aliphatic rings. The molecule has 0 atom stereocenters. The van der Waals surface area contributed by atoms with Crippen molar-refractivity contribution in [1.29, 1.82) is 5.26 Å². The first kappa shape index (κ1) is 17.0. The summed E-state index contributed by atoms with van der Waals surface area (Å²) >= 11 is 0. The Balaban J connectivity index is 2.16. The number of nitrogens with one attached hydrogen (secondary N) is 1. The van der Waals surface area contributed by atoms with Gasteiger partial charge in [0.1, 0.15) is 11.6 Å². The van der Waals surface area contributed by atoms with Gasteiger partial charge in [0.2, 0.25) is 0 Å². The molecule has 0 saturated carbocycles. The molecule has 0 aliphatic heterocycles. The Labute approximate surface area is 146 Å². The Morgan fingerprint density at radius 2 is 2.00 bits per heavy atom. The summed E-state index contributed by atoms with van der Waals surface area (Å²) < 4.78 is 14.2. The minimum atomic E-state index is -0.425. The maximum atomic E-state index is 14.2. The number of hydrogen-bond donors (Lipinski definition) is 2. The average molecular weight is 337 g/mol. The smallest absolute Gasteiger partial charge is 0.130 e. The summed E-state index contributed by atoms with van der Waals surface area (Å²) in [5, 5.41) is 19.3. The van der Waals surface area contributed by atoms with E-state index in [2.05, 4.69) is 11.1 Å². The predicted octanol–water partition coefficient (Wildman–Crippen LogP) is 4.53. The van der Waals surface area contributed by atoms with E-state index in [1.807, 2.05) is 37.8 Å². The van der Waals surface area contributed by atoms with Crippen molar-refractivity contribution in [2.45, 2.75) is 33.4 Å². The number of nitrogens with zero attached hydrogens (tertiary/aromatic N) is 2. The number of aryl methyl sites for hydroxylation is 1. The number of aliphatic hydroxyl groups excluding tert-OH is 1. The van der Waals surface area contributed by atoms with E-state index in [1.165, 1.54) is 6.07 Å². The zero-order valence-electron chi connectivity index (χ0n) is 14.5. The molecule has 1 heterocycles. The molecule has 0 bridgehead atoms. The number of aliphatic hydroxyl groups is 1. The molecule has 3 rings (SSSR count). The third-order valence-electron chi connectivity index (χ3n) is 4.40. The highest BCUT2D eigenvalue weighted by atomic mass is 19.1. The van der Waals surface area contributed by atoms with Crippen LogP contribution in [-0.2, 0) is 6.61 Å². The van der Waals surface area contributed by atoms with E-state index in [0.717, 1.165) is 22.3 Å². The summed E-state index contributed by atoms with van der Waals surface area (Å²) in [4.78, 5) is 5.39. The minimum absolute atomic E-state index is 0.0848. The van der Waals surface area contributed by atoms with Gasteiger partial charge in [-0.3, -0.25) is 0 Å². The monoisotopic (exact) mass is 337 g/mol. The molecule has 0 aliphatic carbocycles. The van der Waals surface area contributed by atoms with Crippen LogP contribution in [-0.4, -0.2) is 16.1 Å². The van der Waals surface area contributed by atoms with Gasteiger partial charge in [0.25, 0.3) is 0 Å². The molecule has 0 radical (unpaired) electrons. The van der Waals surface area contributed by atoms with Crippen LogP contribution in [0.3, 0.4) is 0 Å². The van der Waals surface area contributed by atoms with E-state index in [9.17, 15) is 9.50 Å². The SMILES string of the molecule is Cc1c(N(c2ccc(CO)c(F)c2)C(C)C)[nH]c2cc(C#N)ccc12. The Bertz CT molecular complexity index is 969. The number of aromatic nitrogens is 1. The van der Waals surface area contributed by atoms with Crippen molar-refractivity contribution in [3.8, 4) is 6.07 Å². The van der Waals surface area contributed by atoms with Gasteiger partial charge in [-0.1, -0.05) is 12.1 Å². The number of hydrogen-bond acceptors (Lipinski definition) is 3. The molecule has 0 amide bonds. The molecule has 0 saturated heterocycles. The lowest BCUT2D eigenvalue weighted by molar-refractivity contribution is 0.276. The van der Waals surface area contributed by atoms with Crippen LogP contribution in [0.4, 0.5) is 15.9 Å². The van der Waals surface area contributed by atoms with Crippen LogP contribution in [0.1, 0.15) is 30.5 Å². The molecule has 3 aromatic rings. The number of fused-ring (bicyclic) bond motifs is 1. The van der Waals surface area contributed by atoms with E-state index < -0.39 is 5.82 Å². The molecule has 2 N–H and O–H groups in total. The Kier molecular flexibility index (Phi) is 4.47. The van der Waals surface area contributed by atoms with Crippen molar-refractivity contribution in [1.82, 2.24) is 4.98 Å². The lowest BCUT2D eigenvalue weighted by Crippen LogP contribution is -2.26. The fourth-order valence-corrected chi connectivity index (χ4v) is 3.13. The quantitative estimate of drug-likeness (QED) is 0.735. The highest BCUT2D eigenvalue weighted by molar-refractivity contribution is 5.91. The second-order valence-electron chi connectivity index (χ2n) is 6.37. The summed E-state index contributed by atoms with van der Waals surface area (Å²) in [6.45, 7) is 5.75. The van der Waals surface area contributed by atoms with E-state index in [1.54, 1.807) is 18.2 Å². The first-order chi connectivity index (χ1) is 12.0. The number of benzene rings is 2. The Morgan fingerprint density at radius 3 is 2.60 bits per heavy atom. The number of halogens is 1. The lowest BCUT2D eigenvalue weighted by Gasteiger charge is -2.29. The van der Waals surface area contributed by atoms with Crippen LogP contribution >= 0.6 is 0 Å². The van der Waals surface area contributed by atoms with Crippen LogP contribution in [0, 0.1) is 24.1 Å². The van der Waals surface area contributed by atoms with Crippen molar-refractivity contribution in [3.63, 3.8) is 0 Å². The Hall–Kier alpha value is -2.84. The molecule has 25 heavy (non-hydrogen) atoms. The Morgan fingerprint density at radius 1 is 1.24 bits per heavy atom. The first-order valence-corrected chi connectivity index (χ1v) is 8.17. The van der Waals surface area contributed by atoms with Gasteiger partial charge in [-0.15, -0.1) is 0 Å². The van der Waals surface area contributed by atoms with Crippen molar-refractivity contribution in [3.05, 3.63) is 58.9 Å². The highest BCUT2D eigenvalue weighted by Gasteiger charge is 2.20. The molecule has 4 nitrogen and oxygen atoms in total. The van der Waals surface area contributed by atoms with Crippen LogP contribution in [0.25, 0.3) is 10.9 Å². The number of rotatable bonds is 4. The van der Waals surface area contributed by atoms with E-state index in [0.29, 0.717) is 11.3 Å². The van der Waals surface area contributed by atoms with Crippen LogP contribution in [0.15, 0.2) is 36.4 Å². The zero-order chi connectivity index (χ0) is 18.1. The number of nitriles is 1. The van der Waals surface area contributed by atoms with Crippen molar-refractivity contribution in [2.24, 2.45) is 0 Å². The van der Waals surface area contributed by atoms with Gasteiger partial charge in [-0.2, -0.15) is 5.26 Å². The number of anilines is 2. The van der Waals surface area contributed by atoms with Gasteiger partial charge < -0.3 is 15.0 Å². The zero-order valence-corrected chi connectivity index (χ0v) is 14.5. The fourth-order valence-electron chi connectivity index (χ4n) is 3.13. The van der Waals surface area contributed by atoms with Gasteiger partial charge in [0, 0.05) is 28.2 Å². The van der Waals surface area contributed by atoms with Gasteiger partial charge in [0.05, 0.1) is 18.2 Å². The molecule has 0 unspecified atom stereocenters. The highest BCUT2D eigenvalue weighted by Crippen LogP contribution is 2.35. The van der Waals surface area contributed by atoms with Crippen LogP contribution in [0.2, 0.25) is 0 Å². The largest absolute Gasteiger partial charge is 0.392 e. The summed E-state index contributed by atoms with van der Waals surface area (Å²) in [7, 11) is 0. The molecule has 2 aromatic carbocycles. The first-order valence-electron chi connectivity index (χ1n) is 8.17. The predicted molar refractivity (Wildman–Crippen MR) is 97.3 cm³/mol. The van der Waals surface area contributed by atoms with E-state index >= 15 is 0 Å². The van der Waals surface area contributed by atoms with Crippen molar-refractivity contribution < 1.29 is 9.50 Å². The molecule has 0 spiro atoms.